The molecule has 154 valence electrons. The summed E-state index contributed by atoms with van der Waals surface area (Å²) < 4.78 is 5.38. The highest BCUT2D eigenvalue weighted by molar-refractivity contribution is 7.17. The van der Waals surface area contributed by atoms with Crippen molar-refractivity contribution in [2.24, 2.45) is 5.92 Å². The Kier molecular flexibility index (Phi) is 7.38. The molecule has 1 aliphatic carbocycles. The van der Waals surface area contributed by atoms with Crippen LogP contribution in [0.3, 0.4) is 0 Å². The number of rotatable bonds is 6. The molecular weight excluding hydrogens is 429 g/mol. The van der Waals surface area contributed by atoms with E-state index in [1.807, 2.05) is 6.92 Å². The summed E-state index contributed by atoms with van der Waals surface area (Å²) in [7, 11) is 0. The van der Waals surface area contributed by atoms with Gasteiger partial charge in [0.1, 0.15) is 5.00 Å². The van der Waals surface area contributed by atoms with E-state index in [0.29, 0.717) is 38.7 Å². The summed E-state index contributed by atoms with van der Waals surface area (Å²) in [6, 6.07) is 5.16. The van der Waals surface area contributed by atoms with Crippen LogP contribution in [0.5, 0.6) is 0 Å². The van der Waals surface area contributed by atoms with Gasteiger partial charge in [-0.1, -0.05) is 43.1 Å². The molecule has 1 aliphatic rings. The number of carbonyl (C=O) groups is 2. The normalized spacial score (nSPS) is 15.9. The van der Waals surface area contributed by atoms with Gasteiger partial charge in [-0.05, 0) is 55.4 Å². The third-order valence-corrected chi connectivity index (χ3v) is 6.62. The number of benzene rings is 1. The molecule has 1 N–H and O–H groups in total. The van der Waals surface area contributed by atoms with Crippen molar-refractivity contribution in [1.82, 2.24) is 0 Å². The molecule has 1 aromatic heterocycles. The Labute approximate surface area is 184 Å². The summed E-state index contributed by atoms with van der Waals surface area (Å²) in [6.07, 6.45) is 6.45. The Bertz CT molecular complexity index is 932. The van der Waals surface area contributed by atoms with E-state index in [0.717, 1.165) is 36.1 Å². The van der Waals surface area contributed by atoms with Crippen molar-refractivity contribution in [2.45, 2.75) is 39.5 Å². The van der Waals surface area contributed by atoms with Crippen LogP contribution in [0, 0.1) is 5.92 Å². The fourth-order valence-corrected chi connectivity index (χ4v) is 5.23. The third-order valence-electron chi connectivity index (χ3n) is 4.79. The van der Waals surface area contributed by atoms with Gasteiger partial charge in [0.25, 0.3) is 0 Å². The Morgan fingerprint density at radius 2 is 2.03 bits per heavy atom. The number of carbonyl (C=O) groups excluding carboxylic acids is 2. The lowest BCUT2D eigenvalue weighted by atomic mass is 9.88. The largest absolute Gasteiger partial charge is 0.462 e. The second-order valence-corrected chi connectivity index (χ2v) is 9.07. The van der Waals surface area contributed by atoms with Crippen LogP contribution >= 0.6 is 34.5 Å². The fourth-order valence-electron chi connectivity index (χ4n) is 3.30. The van der Waals surface area contributed by atoms with Gasteiger partial charge in [-0.3, -0.25) is 4.79 Å². The molecule has 4 nitrogen and oxygen atoms in total. The predicted octanol–water partition coefficient (Wildman–Crippen LogP) is 6.40. The molecule has 1 amide bonds. The minimum atomic E-state index is -0.368. The summed E-state index contributed by atoms with van der Waals surface area (Å²) in [5, 5.41) is 4.33. The number of halogens is 2. The van der Waals surface area contributed by atoms with E-state index in [2.05, 4.69) is 12.2 Å². The first-order valence-electron chi connectivity index (χ1n) is 9.65. The molecule has 1 atom stereocenters. The summed E-state index contributed by atoms with van der Waals surface area (Å²) in [4.78, 5) is 26.4. The lowest BCUT2D eigenvalue weighted by molar-refractivity contribution is -0.111. The standard InChI is InChI=1S/C22H23Cl2NO3S/c1-3-11-28-22(27)20-15-8-7-13(2)12-18(15)29-21(20)25-19(26)10-9-14-16(23)5-4-6-17(14)24/h4-6,9-10,13H,3,7-8,11-12H2,1-2H3,(H,25,26)/b10-9+. The van der Waals surface area contributed by atoms with Crippen LogP contribution in [-0.2, 0) is 22.4 Å². The fraction of sp³-hybridized carbons (Fsp3) is 0.364. The molecule has 0 bridgehead atoms. The average molecular weight is 452 g/mol. The predicted molar refractivity (Wildman–Crippen MR) is 120 cm³/mol. The number of ether oxygens (including phenoxy) is 1. The van der Waals surface area contributed by atoms with E-state index in [1.165, 1.54) is 17.4 Å². The highest BCUT2D eigenvalue weighted by atomic mass is 35.5. The molecule has 29 heavy (non-hydrogen) atoms. The Morgan fingerprint density at radius 1 is 1.31 bits per heavy atom. The molecule has 0 saturated heterocycles. The average Bonchev–Trinajstić information content (AvgIpc) is 3.02. The van der Waals surface area contributed by atoms with Crippen molar-refractivity contribution in [3.63, 3.8) is 0 Å². The maximum absolute atomic E-state index is 12.7. The Balaban J connectivity index is 1.85. The Morgan fingerprint density at radius 3 is 2.72 bits per heavy atom. The molecule has 0 fully saturated rings. The van der Waals surface area contributed by atoms with Gasteiger partial charge in [-0.15, -0.1) is 11.3 Å². The monoisotopic (exact) mass is 451 g/mol. The van der Waals surface area contributed by atoms with E-state index in [4.69, 9.17) is 27.9 Å². The second-order valence-electron chi connectivity index (χ2n) is 7.15. The summed E-state index contributed by atoms with van der Waals surface area (Å²) >= 11 is 13.8. The van der Waals surface area contributed by atoms with Gasteiger partial charge < -0.3 is 10.1 Å². The molecule has 0 saturated carbocycles. The summed E-state index contributed by atoms with van der Waals surface area (Å²) in [6.45, 7) is 4.51. The molecule has 1 unspecified atom stereocenters. The Hall–Kier alpha value is -1.82. The van der Waals surface area contributed by atoms with E-state index < -0.39 is 0 Å². The molecule has 0 spiro atoms. The van der Waals surface area contributed by atoms with Crippen LogP contribution < -0.4 is 5.32 Å². The number of hydrogen-bond donors (Lipinski definition) is 1. The molecule has 3 rings (SSSR count). The SMILES string of the molecule is CCCOC(=O)c1c(NC(=O)/C=C/c2c(Cl)cccc2Cl)sc2c1CCC(C)C2. The second kappa shape index (κ2) is 9.79. The van der Waals surface area contributed by atoms with Crippen molar-refractivity contribution in [3.8, 4) is 0 Å². The number of anilines is 1. The zero-order valence-electron chi connectivity index (χ0n) is 16.4. The molecule has 1 heterocycles. The third kappa shape index (κ3) is 5.21. The number of nitrogens with one attached hydrogen (secondary N) is 1. The maximum atomic E-state index is 12.7. The van der Waals surface area contributed by atoms with Crippen LogP contribution in [0.1, 0.15) is 53.1 Å². The molecule has 1 aromatic carbocycles. The smallest absolute Gasteiger partial charge is 0.341 e. The van der Waals surface area contributed by atoms with Crippen LogP contribution in [0.4, 0.5) is 5.00 Å². The van der Waals surface area contributed by atoms with Gasteiger partial charge in [0, 0.05) is 26.6 Å². The number of hydrogen-bond acceptors (Lipinski definition) is 4. The minimum absolute atomic E-state index is 0.350. The zero-order valence-corrected chi connectivity index (χ0v) is 18.7. The van der Waals surface area contributed by atoms with Gasteiger partial charge in [0.05, 0.1) is 12.2 Å². The highest BCUT2D eigenvalue weighted by Crippen LogP contribution is 2.40. The lowest BCUT2D eigenvalue weighted by Crippen LogP contribution is -2.16. The minimum Gasteiger partial charge on any atom is -0.462 e. The molecule has 2 aromatic rings. The first kappa shape index (κ1) is 21.9. The first-order chi connectivity index (χ1) is 13.9. The van der Waals surface area contributed by atoms with E-state index in [-0.39, 0.29) is 11.9 Å². The van der Waals surface area contributed by atoms with Gasteiger partial charge in [0.15, 0.2) is 0 Å². The van der Waals surface area contributed by atoms with E-state index in [9.17, 15) is 9.59 Å². The van der Waals surface area contributed by atoms with Gasteiger partial charge in [-0.25, -0.2) is 4.79 Å². The van der Waals surface area contributed by atoms with Gasteiger partial charge in [0.2, 0.25) is 5.91 Å². The van der Waals surface area contributed by atoms with Crippen LogP contribution in [0.15, 0.2) is 24.3 Å². The van der Waals surface area contributed by atoms with Gasteiger partial charge in [-0.2, -0.15) is 0 Å². The van der Waals surface area contributed by atoms with Crippen LogP contribution in [0.25, 0.3) is 6.08 Å². The zero-order chi connectivity index (χ0) is 21.0. The molecule has 7 heteroatoms. The number of fused-ring (bicyclic) bond motifs is 1. The quantitative estimate of drug-likeness (QED) is 0.408. The van der Waals surface area contributed by atoms with Crippen molar-refractivity contribution >= 4 is 57.5 Å². The van der Waals surface area contributed by atoms with Crippen molar-refractivity contribution in [3.05, 3.63) is 55.9 Å². The van der Waals surface area contributed by atoms with Gasteiger partial charge >= 0.3 is 5.97 Å². The van der Waals surface area contributed by atoms with Crippen molar-refractivity contribution < 1.29 is 14.3 Å². The van der Waals surface area contributed by atoms with E-state index in [1.54, 1.807) is 24.3 Å². The maximum Gasteiger partial charge on any atom is 0.341 e. The first-order valence-corrected chi connectivity index (χ1v) is 11.2. The van der Waals surface area contributed by atoms with Crippen LogP contribution in [0.2, 0.25) is 10.0 Å². The molecular formula is C22H23Cl2NO3S. The summed E-state index contributed by atoms with van der Waals surface area (Å²) in [5.74, 6) is -0.157. The lowest BCUT2D eigenvalue weighted by Gasteiger charge is -2.18. The highest BCUT2D eigenvalue weighted by Gasteiger charge is 2.29. The van der Waals surface area contributed by atoms with E-state index >= 15 is 0 Å². The number of amides is 1. The number of esters is 1. The van der Waals surface area contributed by atoms with Crippen molar-refractivity contribution in [2.75, 3.05) is 11.9 Å². The van der Waals surface area contributed by atoms with Crippen LogP contribution in [-0.4, -0.2) is 18.5 Å². The molecule has 0 aliphatic heterocycles. The number of thiophene rings is 1. The summed E-state index contributed by atoms with van der Waals surface area (Å²) in [5.41, 5.74) is 2.10. The topological polar surface area (TPSA) is 55.4 Å². The van der Waals surface area contributed by atoms with Crippen molar-refractivity contribution in [1.29, 1.82) is 0 Å². The molecule has 0 radical (unpaired) electrons.